The fraction of sp³-hybridized carbons (Fsp3) is 0.235. The normalized spacial score (nSPS) is 11.0. The number of ketones is 1. The van der Waals surface area contributed by atoms with Crippen LogP contribution in [0.4, 0.5) is 0 Å². The Bertz CT molecular complexity index is 924. The molecule has 4 nitrogen and oxygen atoms in total. The molecule has 0 saturated carbocycles. The number of aryl methyl sites for hydroxylation is 2. The Hall–Kier alpha value is -1.44. The molecule has 0 bridgehead atoms. The van der Waals surface area contributed by atoms with Gasteiger partial charge in [-0.15, -0.1) is 11.3 Å². The molecule has 0 spiro atoms. The molecule has 2 heterocycles. The lowest BCUT2D eigenvalue weighted by atomic mass is 10.1. The average molecular weight is 423 g/mol. The third-order valence-corrected chi connectivity index (χ3v) is 6.47. The second-order valence-corrected chi connectivity index (χ2v) is 8.22. The lowest BCUT2D eigenvalue weighted by Gasteiger charge is -2.06. The predicted octanol–water partition coefficient (Wildman–Crippen LogP) is 5.05. The fourth-order valence-corrected chi connectivity index (χ4v) is 4.87. The van der Waals surface area contributed by atoms with E-state index >= 15 is 0 Å². The minimum Gasteiger partial charge on any atom is -0.496 e. The predicted molar refractivity (Wildman–Crippen MR) is 103 cm³/mol. The number of aromatic nitrogens is 2. The molecular weight excluding hydrogens is 408 g/mol. The Kier molecular flexibility index (Phi) is 5.22. The van der Waals surface area contributed by atoms with Crippen LogP contribution in [0.3, 0.4) is 0 Å². The third-order valence-electron chi connectivity index (χ3n) is 3.74. The summed E-state index contributed by atoms with van der Waals surface area (Å²) in [4.78, 5) is 23.4. The van der Waals surface area contributed by atoms with E-state index in [1.165, 1.54) is 22.2 Å². The lowest BCUT2D eigenvalue weighted by Crippen LogP contribution is -2.03. The van der Waals surface area contributed by atoms with Gasteiger partial charge in [-0.1, -0.05) is 11.8 Å². The number of Topliss-reactive ketones (excluding diaryl/α,β-unsaturated/α-hetero) is 1. The molecule has 3 rings (SSSR count). The average Bonchev–Trinajstić information content (AvgIpc) is 2.87. The molecule has 7 heteroatoms. The number of ether oxygens (including phenoxy) is 1. The van der Waals surface area contributed by atoms with E-state index in [2.05, 4.69) is 39.7 Å². The van der Waals surface area contributed by atoms with Crippen LogP contribution in [0.5, 0.6) is 5.75 Å². The number of halogens is 1. The van der Waals surface area contributed by atoms with Crippen LogP contribution >= 0.6 is 39.0 Å². The Labute approximate surface area is 156 Å². The number of hydrogen-bond acceptors (Lipinski definition) is 6. The highest BCUT2D eigenvalue weighted by atomic mass is 79.9. The first-order valence-electron chi connectivity index (χ1n) is 7.21. The zero-order chi connectivity index (χ0) is 17.3. The smallest absolute Gasteiger partial charge is 0.173 e. The minimum absolute atomic E-state index is 0.0553. The number of fused-ring (bicyclic) bond motifs is 1. The second-order valence-electron chi connectivity index (χ2n) is 5.20. The van der Waals surface area contributed by atoms with Gasteiger partial charge in [-0.25, -0.2) is 9.97 Å². The number of hydrogen-bond donors (Lipinski definition) is 0. The number of benzene rings is 1. The van der Waals surface area contributed by atoms with Crippen LogP contribution in [-0.2, 0) is 0 Å². The SMILES string of the molecule is COc1ccc(C(=O)CSc2ncnc3sc(C)c(C)c23)cc1Br. The summed E-state index contributed by atoms with van der Waals surface area (Å²) in [5.74, 6) is 1.10. The van der Waals surface area contributed by atoms with E-state index in [-0.39, 0.29) is 5.78 Å². The topological polar surface area (TPSA) is 52.1 Å². The van der Waals surface area contributed by atoms with Crippen LogP contribution in [-0.4, -0.2) is 28.6 Å². The highest BCUT2D eigenvalue weighted by molar-refractivity contribution is 9.10. The standard InChI is InChI=1S/C17H15BrN2O2S2/c1-9-10(2)24-17-15(9)16(19-8-20-17)23-7-13(21)11-4-5-14(22-3)12(18)6-11/h4-6,8H,7H2,1-3H3. The van der Waals surface area contributed by atoms with Crippen molar-refractivity contribution >= 4 is 55.0 Å². The van der Waals surface area contributed by atoms with Crippen molar-refractivity contribution in [2.45, 2.75) is 18.9 Å². The number of carbonyl (C=O) groups is 1. The summed E-state index contributed by atoms with van der Waals surface area (Å²) in [5.41, 5.74) is 1.84. The zero-order valence-electron chi connectivity index (χ0n) is 13.4. The quantitative estimate of drug-likeness (QED) is 0.326. The van der Waals surface area contributed by atoms with Gasteiger partial charge in [0.15, 0.2) is 5.78 Å². The number of rotatable bonds is 5. The van der Waals surface area contributed by atoms with Crippen molar-refractivity contribution in [3.05, 3.63) is 45.0 Å². The first kappa shape index (κ1) is 17.4. The number of thioether (sulfide) groups is 1. The van der Waals surface area contributed by atoms with E-state index < -0.39 is 0 Å². The van der Waals surface area contributed by atoms with Gasteiger partial charge >= 0.3 is 0 Å². The highest BCUT2D eigenvalue weighted by Crippen LogP contribution is 2.34. The van der Waals surface area contributed by atoms with Crippen LogP contribution in [0, 0.1) is 13.8 Å². The van der Waals surface area contributed by atoms with Crippen LogP contribution in [0.2, 0.25) is 0 Å². The van der Waals surface area contributed by atoms with Crippen molar-refractivity contribution in [1.82, 2.24) is 9.97 Å². The molecule has 24 heavy (non-hydrogen) atoms. The van der Waals surface area contributed by atoms with E-state index in [0.29, 0.717) is 17.1 Å². The number of nitrogens with zero attached hydrogens (tertiary/aromatic N) is 2. The van der Waals surface area contributed by atoms with Gasteiger partial charge in [0.1, 0.15) is 21.9 Å². The van der Waals surface area contributed by atoms with E-state index in [0.717, 1.165) is 19.7 Å². The van der Waals surface area contributed by atoms with Gasteiger partial charge in [0.2, 0.25) is 0 Å². The fourth-order valence-electron chi connectivity index (χ4n) is 2.32. The molecule has 0 amide bonds. The molecule has 124 valence electrons. The van der Waals surface area contributed by atoms with Gasteiger partial charge in [-0.05, 0) is 53.5 Å². The maximum absolute atomic E-state index is 12.5. The molecule has 0 aliphatic rings. The van der Waals surface area contributed by atoms with E-state index in [1.54, 1.807) is 43.0 Å². The number of methoxy groups -OCH3 is 1. The van der Waals surface area contributed by atoms with Gasteiger partial charge in [0, 0.05) is 15.8 Å². The Morgan fingerprint density at radius 2 is 2.12 bits per heavy atom. The first-order chi connectivity index (χ1) is 11.5. The van der Waals surface area contributed by atoms with Crippen molar-refractivity contribution < 1.29 is 9.53 Å². The minimum atomic E-state index is 0.0553. The van der Waals surface area contributed by atoms with Gasteiger partial charge in [0.05, 0.1) is 17.3 Å². The van der Waals surface area contributed by atoms with Crippen molar-refractivity contribution in [2.75, 3.05) is 12.9 Å². The monoisotopic (exact) mass is 422 g/mol. The summed E-state index contributed by atoms with van der Waals surface area (Å²) >= 11 is 6.53. The number of carbonyl (C=O) groups excluding carboxylic acids is 1. The van der Waals surface area contributed by atoms with Gasteiger partial charge < -0.3 is 4.74 Å². The molecule has 0 atom stereocenters. The summed E-state index contributed by atoms with van der Waals surface area (Å²) in [7, 11) is 1.60. The molecule has 0 unspecified atom stereocenters. The van der Waals surface area contributed by atoms with Crippen LogP contribution in [0.1, 0.15) is 20.8 Å². The van der Waals surface area contributed by atoms with E-state index in [1.807, 2.05) is 0 Å². The molecule has 3 aromatic rings. The molecule has 2 aromatic heterocycles. The number of thiophene rings is 1. The third kappa shape index (κ3) is 3.34. The molecule has 0 aliphatic carbocycles. The lowest BCUT2D eigenvalue weighted by molar-refractivity contribution is 0.102. The van der Waals surface area contributed by atoms with Gasteiger partial charge in [-0.2, -0.15) is 0 Å². The van der Waals surface area contributed by atoms with Crippen molar-refractivity contribution in [3.8, 4) is 5.75 Å². The highest BCUT2D eigenvalue weighted by Gasteiger charge is 2.15. The Morgan fingerprint density at radius 1 is 1.33 bits per heavy atom. The maximum atomic E-state index is 12.5. The molecular formula is C17H15BrN2O2S2. The van der Waals surface area contributed by atoms with Gasteiger partial charge in [-0.3, -0.25) is 4.79 Å². The molecule has 0 fully saturated rings. The van der Waals surface area contributed by atoms with Crippen LogP contribution < -0.4 is 4.74 Å². The molecule has 0 N–H and O–H groups in total. The maximum Gasteiger partial charge on any atom is 0.173 e. The molecule has 0 aliphatic heterocycles. The summed E-state index contributed by atoms with van der Waals surface area (Å²) < 4.78 is 5.97. The molecule has 0 saturated heterocycles. The zero-order valence-corrected chi connectivity index (χ0v) is 16.6. The van der Waals surface area contributed by atoms with Crippen molar-refractivity contribution in [2.24, 2.45) is 0 Å². The van der Waals surface area contributed by atoms with Crippen LogP contribution in [0.15, 0.2) is 34.0 Å². The van der Waals surface area contributed by atoms with E-state index in [9.17, 15) is 4.79 Å². The van der Waals surface area contributed by atoms with Gasteiger partial charge in [0.25, 0.3) is 0 Å². The summed E-state index contributed by atoms with van der Waals surface area (Å²) in [6, 6.07) is 5.36. The van der Waals surface area contributed by atoms with Crippen LogP contribution in [0.25, 0.3) is 10.2 Å². The summed E-state index contributed by atoms with van der Waals surface area (Å²) in [5, 5.41) is 1.93. The summed E-state index contributed by atoms with van der Waals surface area (Å²) in [6.45, 7) is 4.15. The summed E-state index contributed by atoms with van der Waals surface area (Å²) in [6.07, 6.45) is 1.56. The molecule has 1 aromatic carbocycles. The van der Waals surface area contributed by atoms with E-state index in [4.69, 9.17) is 4.74 Å². The van der Waals surface area contributed by atoms with Crippen molar-refractivity contribution in [3.63, 3.8) is 0 Å². The first-order valence-corrected chi connectivity index (χ1v) is 9.81. The van der Waals surface area contributed by atoms with Crippen molar-refractivity contribution in [1.29, 1.82) is 0 Å². The Balaban J connectivity index is 1.81. The molecule has 0 radical (unpaired) electrons. The second kappa shape index (κ2) is 7.21. The Morgan fingerprint density at radius 3 is 2.83 bits per heavy atom. The largest absolute Gasteiger partial charge is 0.496 e.